The molecule has 3 unspecified atom stereocenters. The van der Waals surface area contributed by atoms with Crippen LogP contribution < -0.4 is 0 Å². The van der Waals surface area contributed by atoms with Crippen LogP contribution in [0.1, 0.15) is 74.1 Å². The van der Waals surface area contributed by atoms with E-state index in [2.05, 4.69) is 6.92 Å². The Morgan fingerprint density at radius 3 is 2.40 bits per heavy atom. The Morgan fingerprint density at radius 1 is 0.967 bits per heavy atom. The fourth-order valence-electron chi connectivity index (χ4n) is 5.19. The molecular formula is C25H30O5. The highest BCUT2D eigenvalue weighted by molar-refractivity contribution is 5.80. The third-order valence-electron chi connectivity index (χ3n) is 6.68. The molecule has 3 aliphatic carbocycles. The molecule has 3 aliphatic rings. The molecule has 2 bridgehead atoms. The molecule has 0 fully saturated rings. The normalized spacial score (nSPS) is 26.2. The predicted molar refractivity (Wildman–Crippen MR) is 113 cm³/mol. The number of phenolic OH excluding ortho intramolecular Hbond substituents is 1. The fraction of sp³-hybridized carbons (Fsp3) is 0.480. The number of carbonyl (C=O) groups excluding carboxylic acids is 1. The molecule has 0 aliphatic heterocycles. The Kier molecular flexibility index (Phi) is 5.60. The molecule has 0 saturated heterocycles. The van der Waals surface area contributed by atoms with Gasteiger partial charge in [0.05, 0.1) is 12.5 Å². The van der Waals surface area contributed by atoms with Gasteiger partial charge in [-0.1, -0.05) is 75.4 Å². The van der Waals surface area contributed by atoms with Gasteiger partial charge in [-0.3, -0.25) is 4.79 Å². The number of ether oxygens (including phenoxy) is 1. The quantitative estimate of drug-likeness (QED) is 0.451. The van der Waals surface area contributed by atoms with Crippen molar-refractivity contribution in [2.75, 3.05) is 6.61 Å². The van der Waals surface area contributed by atoms with Crippen molar-refractivity contribution in [2.45, 2.75) is 63.1 Å². The standard InChI is InChI=1S/C25H30O5/c1-2-3-4-5-6-9-15-30-23(27)20-16-24(28)17-11-7-8-12-18(17)25(20,29)19-13-10-14-21(26)22(19)24/h7-8,10-14,20,26,28-29H,2-6,9,15-16H2,1H3. The lowest BCUT2D eigenvalue weighted by Gasteiger charge is -2.53. The van der Waals surface area contributed by atoms with Gasteiger partial charge in [0.15, 0.2) is 0 Å². The number of benzene rings is 2. The average Bonchev–Trinajstić information content (AvgIpc) is 2.75. The zero-order chi connectivity index (χ0) is 21.4. The van der Waals surface area contributed by atoms with Crippen LogP contribution in [0.5, 0.6) is 5.75 Å². The summed E-state index contributed by atoms with van der Waals surface area (Å²) in [7, 11) is 0. The minimum absolute atomic E-state index is 0.0274. The van der Waals surface area contributed by atoms with Crippen molar-refractivity contribution >= 4 is 5.97 Å². The van der Waals surface area contributed by atoms with Crippen LogP contribution in [0.4, 0.5) is 0 Å². The zero-order valence-electron chi connectivity index (χ0n) is 17.4. The van der Waals surface area contributed by atoms with E-state index in [4.69, 9.17) is 4.74 Å². The highest BCUT2D eigenvalue weighted by Gasteiger charge is 2.63. The van der Waals surface area contributed by atoms with E-state index in [-0.39, 0.29) is 17.7 Å². The topological polar surface area (TPSA) is 87.0 Å². The minimum atomic E-state index is -1.65. The Balaban J connectivity index is 1.59. The second kappa shape index (κ2) is 8.05. The van der Waals surface area contributed by atoms with Crippen LogP contribution in [0, 0.1) is 5.92 Å². The summed E-state index contributed by atoms with van der Waals surface area (Å²) in [6.45, 7) is 2.48. The maximum absolute atomic E-state index is 13.0. The van der Waals surface area contributed by atoms with Gasteiger partial charge in [-0.2, -0.15) is 0 Å². The van der Waals surface area contributed by atoms with Gasteiger partial charge < -0.3 is 20.1 Å². The SMILES string of the molecule is CCCCCCCCOC(=O)C1CC2(O)c3ccccc3C1(O)c1cccc(O)c12. The Labute approximate surface area is 177 Å². The molecule has 0 saturated carbocycles. The molecule has 0 aromatic heterocycles. The van der Waals surface area contributed by atoms with Crippen LogP contribution in [0.2, 0.25) is 0 Å². The first-order valence-corrected chi connectivity index (χ1v) is 11.0. The number of aliphatic hydroxyl groups is 2. The Morgan fingerprint density at radius 2 is 1.63 bits per heavy atom. The first kappa shape index (κ1) is 20.9. The van der Waals surface area contributed by atoms with Gasteiger partial charge in [0, 0.05) is 12.0 Å². The maximum Gasteiger partial charge on any atom is 0.312 e. The molecule has 0 heterocycles. The molecule has 2 aromatic carbocycles. The van der Waals surface area contributed by atoms with Crippen molar-refractivity contribution in [2.24, 2.45) is 5.92 Å². The highest BCUT2D eigenvalue weighted by atomic mass is 16.5. The number of fused-ring (bicyclic) bond motifs is 1. The molecule has 0 radical (unpaired) electrons. The van der Waals surface area contributed by atoms with E-state index in [9.17, 15) is 20.1 Å². The van der Waals surface area contributed by atoms with E-state index < -0.39 is 23.1 Å². The summed E-state index contributed by atoms with van der Waals surface area (Å²) in [6, 6.07) is 11.8. The number of rotatable bonds is 8. The number of hydrogen-bond donors (Lipinski definition) is 3. The van der Waals surface area contributed by atoms with Gasteiger partial charge in [-0.25, -0.2) is 0 Å². The molecular weight excluding hydrogens is 380 g/mol. The molecule has 5 rings (SSSR count). The largest absolute Gasteiger partial charge is 0.508 e. The van der Waals surface area contributed by atoms with E-state index >= 15 is 0 Å². The fourth-order valence-corrected chi connectivity index (χ4v) is 5.19. The lowest BCUT2D eigenvalue weighted by molar-refractivity contribution is -0.167. The van der Waals surface area contributed by atoms with Crippen molar-refractivity contribution in [3.05, 3.63) is 64.7 Å². The van der Waals surface area contributed by atoms with E-state index in [0.717, 1.165) is 19.3 Å². The molecule has 5 heteroatoms. The highest BCUT2D eigenvalue weighted by Crippen LogP contribution is 2.61. The average molecular weight is 411 g/mol. The van der Waals surface area contributed by atoms with Gasteiger partial charge in [0.25, 0.3) is 0 Å². The number of carbonyl (C=O) groups is 1. The number of hydrogen-bond acceptors (Lipinski definition) is 5. The van der Waals surface area contributed by atoms with Crippen LogP contribution >= 0.6 is 0 Å². The van der Waals surface area contributed by atoms with E-state index in [1.165, 1.54) is 25.3 Å². The summed E-state index contributed by atoms with van der Waals surface area (Å²) in [6.07, 6.45) is 6.50. The number of phenols is 1. The number of esters is 1. The number of aromatic hydroxyl groups is 1. The first-order valence-electron chi connectivity index (χ1n) is 11.0. The van der Waals surface area contributed by atoms with Gasteiger partial charge in [0.1, 0.15) is 17.0 Å². The van der Waals surface area contributed by atoms with Crippen LogP contribution in [0.3, 0.4) is 0 Å². The third kappa shape index (κ3) is 3.12. The molecule has 3 N–H and O–H groups in total. The summed E-state index contributed by atoms with van der Waals surface area (Å²) >= 11 is 0. The summed E-state index contributed by atoms with van der Waals surface area (Å²) in [5.74, 6) is -1.53. The van der Waals surface area contributed by atoms with Crippen molar-refractivity contribution in [3.63, 3.8) is 0 Å². The van der Waals surface area contributed by atoms with Crippen LogP contribution in [0.15, 0.2) is 42.5 Å². The van der Waals surface area contributed by atoms with Gasteiger partial charge in [-0.15, -0.1) is 0 Å². The molecule has 0 spiro atoms. The van der Waals surface area contributed by atoms with E-state index in [1.807, 2.05) is 0 Å². The Hall–Kier alpha value is -2.37. The monoisotopic (exact) mass is 410 g/mol. The maximum atomic E-state index is 13.0. The molecule has 3 atom stereocenters. The van der Waals surface area contributed by atoms with Crippen LogP contribution in [0.25, 0.3) is 0 Å². The summed E-state index contributed by atoms with van der Waals surface area (Å²) in [5, 5.41) is 34.0. The zero-order valence-corrected chi connectivity index (χ0v) is 17.4. The van der Waals surface area contributed by atoms with Crippen LogP contribution in [-0.2, 0) is 20.7 Å². The lowest BCUT2D eigenvalue weighted by Crippen LogP contribution is -2.57. The van der Waals surface area contributed by atoms with Gasteiger partial charge >= 0.3 is 5.97 Å². The summed E-state index contributed by atoms with van der Waals surface area (Å²) in [5.41, 5.74) is -1.51. The van der Waals surface area contributed by atoms with E-state index in [1.54, 1.807) is 36.4 Å². The van der Waals surface area contributed by atoms with Crippen LogP contribution in [-0.4, -0.2) is 27.9 Å². The molecule has 30 heavy (non-hydrogen) atoms. The predicted octanol–water partition coefficient (Wildman–Crippen LogP) is 4.10. The van der Waals surface area contributed by atoms with Crippen molar-refractivity contribution in [1.29, 1.82) is 0 Å². The molecule has 2 aromatic rings. The molecule has 0 amide bonds. The van der Waals surface area contributed by atoms with Crippen molar-refractivity contribution < 1.29 is 24.9 Å². The summed E-state index contributed by atoms with van der Waals surface area (Å²) in [4.78, 5) is 13.0. The second-order valence-corrected chi connectivity index (χ2v) is 8.56. The minimum Gasteiger partial charge on any atom is -0.508 e. The van der Waals surface area contributed by atoms with Crippen molar-refractivity contribution in [1.82, 2.24) is 0 Å². The molecule has 5 nitrogen and oxygen atoms in total. The Bertz CT molecular complexity index is 939. The van der Waals surface area contributed by atoms with Crippen molar-refractivity contribution in [3.8, 4) is 5.75 Å². The smallest absolute Gasteiger partial charge is 0.312 e. The third-order valence-corrected chi connectivity index (χ3v) is 6.68. The molecule has 160 valence electrons. The van der Waals surface area contributed by atoms with Gasteiger partial charge in [0.2, 0.25) is 0 Å². The van der Waals surface area contributed by atoms with E-state index in [0.29, 0.717) is 23.3 Å². The summed E-state index contributed by atoms with van der Waals surface area (Å²) < 4.78 is 5.54. The second-order valence-electron chi connectivity index (χ2n) is 8.56. The van der Waals surface area contributed by atoms with Gasteiger partial charge in [-0.05, 0) is 29.2 Å². The lowest BCUT2D eigenvalue weighted by atomic mass is 9.54. The number of unbranched alkanes of at least 4 members (excludes halogenated alkanes) is 5. The first-order chi connectivity index (χ1) is 14.4.